The van der Waals surface area contributed by atoms with Crippen LogP contribution in [0.1, 0.15) is 25.3 Å². The number of pyridine rings is 1. The van der Waals surface area contributed by atoms with E-state index in [0.717, 1.165) is 45.6 Å². The van der Waals surface area contributed by atoms with Gasteiger partial charge in [0.25, 0.3) is 12.9 Å². The van der Waals surface area contributed by atoms with Crippen molar-refractivity contribution in [3.63, 3.8) is 0 Å². The number of rotatable bonds is 5. The van der Waals surface area contributed by atoms with Crippen LogP contribution < -0.4 is 0 Å². The zero-order valence-corrected chi connectivity index (χ0v) is 18.9. The highest BCUT2D eigenvalue weighted by molar-refractivity contribution is 7.90. The number of aromatic nitrogens is 1. The van der Waals surface area contributed by atoms with Crippen LogP contribution in [0.3, 0.4) is 0 Å². The molecule has 176 valence electrons. The van der Waals surface area contributed by atoms with Crippen LogP contribution in [0.4, 0.5) is 0 Å². The van der Waals surface area contributed by atoms with Crippen molar-refractivity contribution in [2.75, 3.05) is 44.8 Å². The average Bonchev–Trinajstić information content (AvgIpc) is 2.71. The van der Waals surface area contributed by atoms with Gasteiger partial charge in [-0.25, -0.2) is 8.42 Å². The van der Waals surface area contributed by atoms with Gasteiger partial charge in [-0.3, -0.25) is 24.4 Å². The Morgan fingerprint density at radius 2 is 1.84 bits per heavy atom. The Labute approximate surface area is 183 Å². The Kier molecular flexibility index (Phi) is 11.6. The molecule has 0 radical (unpaired) electrons. The van der Waals surface area contributed by atoms with Gasteiger partial charge in [-0.15, -0.1) is 0 Å². The Balaban J connectivity index is 0.000000720. The summed E-state index contributed by atoms with van der Waals surface area (Å²) >= 11 is 0. The molecule has 3 heterocycles. The summed E-state index contributed by atoms with van der Waals surface area (Å²) in [7, 11) is -2.95. The first-order valence-electron chi connectivity index (χ1n) is 10.0. The summed E-state index contributed by atoms with van der Waals surface area (Å²) in [4.78, 5) is 25.6. The van der Waals surface area contributed by atoms with E-state index in [1.54, 1.807) is 6.20 Å². The monoisotopic (exact) mass is 459 g/mol. The smallest absolute Gasteiger partial charge is 0.290 e. The third-order valence-electron chi connectivity index (χ3n) is 5.34. The van der Waals surface area contributed by atoms with Gasteiger partial charge in [0.15, 0.2) is 0 Å². The standard InChI is InChI=1S/C18H29N3O3S.2CH2O2/c1-16(14-25(2,22)23)21-10-11-24-18(15-21)5-8-20(9-6-18)13-17-4-3-7-19-12-17;2*2-1-3/h3-4,7,12,16H,5-6,8-11,13-15H2,1-2H3;2*1H,(H,2,3). The van der Waals surface area contributed by atoms with Gasteiger partial charge in [0, 0.05) is 57.4 Å². The second-order valence-electron chi connectivity index (χ2n) is 7.79. The van der Waals surface area contributed by atoms with Gasteiger partial charge in [-0.05, 0) is 31.4 Å². The van der Waals surface area contributed by atoms with Crippen molar-refractivity contribution in [2.45, 2.75) is 38.0 Å². The summed E-state index contributed by atoms with van der Waals surface area (Å²) in [6.07, 6.45) is 7.04. The molecule has 11 heteroatoms. The zero-order valence-electron chi connectivity index (χ0n) is 18.1. The highest BCUT2D eigenvalue weighted by Gasteiger charge is 2.40. The van der Waals surface area contributed by atoms with E-state index in [1.807, 2.05) is 19.2 Å². The number of ether oxygens (including phenoxy) is 1. The average molecular weight is 460 g/mol. The molecule has 0 amide bonds. The Hall–Kier alpha value is -2.08. The molecule has 2 aliphatic rings. The van der Waals surface area contributed by atoms with Gasteiger partial charge in [0.2, 0.25) is 0 Å². The largest absolute Gasteiger partial charge is 0.483 e. The topological polar surface area (TPSA) is 137 Å². The predicted octanol–water partition coefficient (Wildman–Crippen LogP) is 0.583. The highest BCUT2D eigenvalue weighted by atomic mass is 32.2. The van der Waals surface area contributed by atoms with Gasteiger partial charge in [0.1, 0.15) is 9.84 Å². The fraction of sp³-hybridized carbons (Fsp3) is 0.650. The number of carboxylic acid groups (broad SMARTS) is 2. The van der Waals surface area contributed by atoms with Crippen LogP contribution in [0.25, 0.3) is 0 Å². The number of nitrogens with zero attached hydrogens (tertiary/aromatic N) is 3. The summed E-state index contributed by atoms with van der Waals surface area (Å²) < 4.78 is 29.4. The fourth-order valence-corrected chi connectivity index (χ4v) is 5.05. The second kappa shape index (κ2) is 13.4. The normalized spacial score (nSPS) is 19.8. The van der Waals surface area contributed by atoms with Gasteiger partial charge >= 0.3 is 0 Å². The van der Waals surface area contributed by atoms with Gasteiger partial charge in [-0.1, -0.05) is 6.07 Å². The molecule has 2 N–H and O–H groups in total. The molecule has 0 aromatic carbocycles. The van der Waals surface area contributed by atoms with E-state index in [0.29, 0.717) is 6.61 Å². The molecule has 2 aliphatic heterocycles. The van der Waals surface area contributed by atoms with Crippen LogP contribution in [0.5, 0.6) is 0 Å². The lowest BCUT2D eigenvalue weighted by atomic mass is 9.88. The van der Waals surface area contributed by atoms with E-state index in [-0.39, 0.29) is 30.3 Å². The van der Waals surface area contributed by atoms with Crippen molar-refractivity contribution < 1.29 is 33.0 Å². The number of carbonyl (C=O) groups is 2. The van der Waals surface area contributed by atoms with Crippen molar-refractivity contribution in [1.82, 2.24) is 14.8 Å². The molecule has 1 atom stereocenters. The van der Waals surface area contributed by atoms with Crippen LogP contribution in [-0.2, 0) is 30.7 Å². The molecule has 1 aromatic heterocycles. The third-order valence-corrected chi connectivity index (χ3v) is 6.43. The molecular weight excluding hydrogens is 426 g/mol. The van der Waals surface area contributed by atoms with Crippen LogP contribution in [0.15, 0.2) is 24.5 Å². The van der Waals surface area contributed by atoms with Crippen molar-refractivity contribution in [2.24, 2.45) is 0 Å². The molecule has 1 spiro atoms. The zero-order chi connectivity index (χ0) is 23.3. The first-order chi connectivity index (χ1) is 14.7. The van der Waals surface area contributed by atoms with Crippen LogP contribution in [0.2, 0.25) is 0 Å². The Morgan fingerprint density at radius 3 is 2.35 bits per heavy atom. The van der Waals surface area contributed by atoms with E-state index >= 15 is 0 Å². The molecular formula is C20H33N3O7S. The van der Waals surface area contributed by atoms with E-state index in [2.05, 4.69) is 20.9 Å². The first-order valence-corrected chi connectivity index (χ1v) is 12.1. The van der Waals surface area contributed by atoms with E-state index in [4.69, 9.17) is 24.5 Å². The summed E-state index contributed by atoms with van der Waals surface area (Å²) in [5, 5.41) is 13.8. The van der Waals surface area contributed by atoms with Crippen molar-refractivity contribution in [3.05, 3.63) is 30.1 Å². The maximum absolute atomic E-state index is 11.6. The van der Waals surface area contributed by atoms with Gasteiger partial charge in [-0.2, -0.15) is 0 Å². The lowest BCUT2D eigenvalue weighted by molar-refractivity contribution is -0.141. The minimum Gasteiger partial charge on any atom is -0.483 e. The maximum Gasteiger partial charge on any atom is 0.290 e. The summed E-state index contributed by atoms with van der Waals surface area (Å²) in [6, 6.07) is 4.14. The third kappa shape index (κ3) is 10.2. The lowest BCUT2D eigenvalue weighted by Gasteiger charge is -2.48. The number of likely N-dealkylation sites (tertiary alicyclic amines) is 1. The molecule has 31 heavy (non-hydrogen) atoms. The maximum atomic E-state index is 11.6. The molecule has 1 unspecified atom stereocenters. The minimum atomic E-state index is -2.95. The van der Waals surface area contributed by atoms with Crippen LogP contribution >= 0.6 is 0 Å². The number of piperidine rings is 1. The molecule has 0 bridgehead atoms. The van der Waals surface area contributed by atoms with Gasteiger partial charge in [0.05, 0.1) is 18.0 Å². The number of hydrogen-bond donors (Lipinski definition) is 2. The molecule has 3 rings (SSSR count). The molecule has 1 aromatic rings. The van der Waals surface area contributed by atoms with Crippen molar-refractivity contribution in [3.8, 4) is 0 Å². The molecule has 2 saturated heterocycles. The lowest BCUT2D eigenvalue weighted by Crippen LogP contribution is -2.59. The summed E-state index contributed by atoms with van der Waals surface area (Å²) in [5.41, 5.74) is 1.13. The Morgan fingerprint density at radius 1 is 1.23 bits per heavy atom. The number of sulfone groups is 1. The van der Waals surface area contributed by atoms with Crippen molar-refractivity contribution in [1.29, 1.82) is 0 Å². The van der Waals surface area contributed by atoms with Crippen LogP contribution in [0, 0.1) is 0 Å². The van der Waals surface area contributed by atoms with E-state index in [1.165, 1.54) is 11.8 Å². The summed E-state index contributed by atoms with van der Waals surface area (Å²) in [5.74, 6) is 0.218. The molecule has 0 saturated carbocycles. The molecule has 2 fully saturated rings. The Bertz CT molecular complexity index is 747. The number of hydrogen-bond acceptors (Lipinski definition) is 8. The van der Waals surface area contributed by atoms with E-state index < -0.39 is 9.84 Å². The minimum absolute atomic E-state index is 0.0456. The van der Waals surface area contributed by atoms with Gasteiger partial charge < -0.3 is 14.9 Å². The highest BCUT2D eigenvalue weighted by Crippen LogP contribution is 2.31. The fourth-order valence-electron chi connectivity index (χ4n) is 3.96. The molecule has 10 nitrogen and oxygen atoms in total. The van der Waals surface area contributed by atoms with Crippen molar-refractivity contribution >= 4 is 22.8 Å². The SMILES string of the molecule is CC(CS(C)(=O)=O)N1CCOC2(CCN(Cc3cccnc3)CC2)C1.O=CO.O=CO. The number of morpholine rings is 1. The summed E-state index contributed by atoms with van der Waals surface area (Å²) in [6.45, 7) is 6.79. The molecule has 0 aliphatic carbocycles. The predicted molar refractivity (Wildman–Crippen MR) is 116 cm³/mol. The van der Waals surface area contributed by atoms with Crippen LogP contribution in [-0.4, -0.2) is 103 Å². The quantitative estimate of drug-likeness (QED) is 0.602. The first kappa shape index (κ1) is 27.0. The second-order valence-corrected chi connectivity index (χ2v) is 9.98. The van der Waals surface area contributed by atoms with E-state index in [9.17, 15) is 8.42 Å².